The number of nitrogens with zero attached hydrogens (tertiary/aromatic N) is 3. The highest BCUT2D eigenvalue weighted by atomic mass is 79.9. The molecule has 1 heterocycles. The number of anilines is 1. The number of benzene rings is 3. The number of nitrogens with one attached hydrogen (secondary N) is 1. The average Bonchev–Trinajstić information content (AvgIpc) is 3.23. The largest absolute Gasteiger partial charge is 0.496 e. The fourth-order valence-corrected chi connectivity index (χ4v) is 4.33. The number of carbonyl (C=O) groups is 1. The minimum absolute atomic E-state index is 0.147. The molecule has 0 saturated heterocycles. The van der Waals surface area contributed by atoms with E-state index < -0.39 is 0 Å². The lowest BCUT2D eigenvalue weighted by molar-refractivity contribution is -0.113. The Kier molecular flexibility index (Phi) is 7.14. The van der Waals surface area contributed by atoms with Gasteiger partial charge in [-0.05, 0) is 64.5 Å². The molecule has 1 aromatic heterocycles. The Balaban J connectivity index is 1.65. The van der Waals surface area contributed by atoms with Crippen molar-refractivity contribution in [2.24, 2.45) is 0 Å². The summed E-state index contributed by atoms with van der Waals surface area (Å²) in [5, 5.41) is 12.9. The fourth-order valence-electron chi connectivity index (χ4n) is 3.07. The van der Waals surface area contributed by atoms with Gasteiger partial charge in [-0.3, -0.25) is 9.36 Å². The van der Waals surface area contributed by atoms with Gasteiger partial charge in [-0.1, -0.05) is 47.6 Å². The molecule has 162 valence electrons. The maximum atomic E-state index is 12.6. The Bertz CT molecular complexity index is 1250. The third-order valence-corrected chi connectivity index (χ3v) is 6.42. The summed E-state index contributed by atoms with van der Waals surface area (Å²) < 4.78 is 8.23. The molecule has 1 amide bonds. The zero-order chi connectivity index (χ0) is 22.5. The normalized spacial score (nSPS) is 10.7. The van der Waals surface area contributed by atoms with Crippen LogP contribution in [0.3, 0.4) is 0 Å². The highest BCUT2D eigenvalue weighted by molar-refractivity contribution is 9.10. The van der Waals surface area contributed by atoms with Gasteiger partial charge in [-0.25, -0.2) is 0 Å². The van der Waals surface area contributed by atoms with Gasteiger partial charge in [0.25, 0.3) is 0 Å². The molecule has 0 spiro atoms. The number of ether oxygens (including phenoxy) is 1. The maximum absolute atomic E-state index is 12.6. The Morgan fingerprint density at radius 1 is 1.06 bits per heavy atom. The van der Waals surface area contributed by atoms with E-state index >= 15 is 0 Å². The summed E-state index contributed by atoms with van der Waals surface area (Å²) in [6, 6.07) is 22.4. The molecular formula is C23H18BrClN4O2S. The zero-order valence-corrected chi connectivity index (χ0v) is 20.1. The van der Waals surface area contributed by atoms with Crippen LogP contribution in [0.15, 0.2) is 82.4 Å². The lowest BCUT2D eigenvalue weighted by atomic mass is 10.2. The van der Waals surface area contributed by atoms with Crippen molar-refractivity contribution in [1.82, 2.24) is 14.8 Å². The van der Waals surface area contributed by atoms with E-state index in [1.807, 2.05) is 65.2 Å². The number of halogens is 2. The van der Waals surface area contributed by atoms with Crippen molar-refractivity contribution in [3.63, 3.8) is 0 Å². The van der Waals surface area contributed by atoms with Crippen LogP contribution in [0.2, 0.25) is 5.02 Å². The van der Waals surface area contributed by atoms with Gasteiger partial charge in [0.1, 0.15) is 5.75 Å². The Hall–Kier alpha value is -2.81. The smallest absolute Gasteiger partial charge is 0.234 e. The molecule has 3 aromatic carbocycles. The fraction of sp³-hybridized carbons (Fsp3) is 0.0870. The van der Waals surface area contributed by atoms with Crippen molar-refractivity contribution in [3.8, 4) is 22.8 Å². The van der Waals surface area contributed by atoms with Crippen molar-refractivity contribution in [2.75, 3.05) is 18.2 Å². The van der Waals surface area contributed by atoms with Gasteiger partial charge in [0.2, 0.25) is 5.91 Å². The monoisotopic (exact) mass is 528 g/mol. The molecule has 0 aliphatic heterocycles. The lowest BCUT2D eigenvalue weighted by Gasteiger charge is -2.12. The van der Waals surface area contributed by atoms with Crippen LogP contribution in [0.4, 0.5) is 5.69 Å². The van der Waals surface area contributed by atoms with Crippen molar-refractivity contribution >= 4 is 50.9 Å². The van der Waals surface area contributed by atoms with Gasteiger partial charge in [0.05, 0.1) is 24.1 Å². The van der Waals surface area contributed by atoms with Crippen molar-refractivity contribution < 1.29 is 9.53 Å². The molecule has 0 fully saturated rings. The van der Waals surface area contributed by atoms with E-state index in [1.54, 1.807) is 19.2 Å². The molecule has 4 aromatic rings. The number of carbonyl (C=O) groups excluding carboxylic acids is 1. The summed E-state index contributed by atoms with van der Waals surface area (Å²) in [5.74, 6) is 1.31. The van der Waals surface area contributed by atoms with Crippen LogP contribution < -0.4 is 10.1 Å². The Morgan fingerprint density at radius 3 is 2.53 bits per heavy atom. The summed E-state index contributed by atoms with van der Waals surface area (Å²) in [6.07, 6.45) is 0. The van der Waals surface area contributed by atoms with Gasteiger partial charge in [0, 0.05) is 15.2 Å². The third-order valence-electron chi connectivity index (χ3n) is 4.55. The van der Waals surface area contributed by atoms with Crippen LogP contribution >= 0.6 is 39.3 Å². The molecule has 0 radical (unpaired) electrons. The SMILES string of the molecule is COc1ccccc1-c1nnc(SCC(=O)Nc2ccccc2Br)n1-c1ccc(Cl)cc1. The molecule has 0 atom stereocenters. The van der Waals surface area contributed by atoms with E-state index in [1.165, 1.54) is 11.8 Å². The molecule has 0 aliphatic rings. The van der Waals surface area contributed by atoms with Crippen LogP contribution in [0.25, 0.3) is 17.1 Å². The topological polar surface area (TPSA) is 69.0 Å². The van der Waals surface area contributed by atoms with Gasteiger partial charge in [0.15, 0.2) is 11.0 Å². The molecule has 0 bridgehead atoms. The van der Waals surface area contributed by atoms with Crippen molar-refractivity contribution in [3.05, 3.63) is 82.3 Å². The lowest BCUT2D eigenvalue weighted by Crippen LogP contribution is -2.15. The van der Waals surface area contributed by atoms with E-state index in [0.29, 0.717) is 27.4 Å². The van der Waals surface area contributed by atoms with Gasteiger partial charge >= 0.3 is 0 Å². The predicted octanol–water partition coefficient (Wildman–Crippen LogP) is 6.09. The number of thioether (sulfide) groups is 1. The highest BCUT2D eigenvalue weighted by Gasteiger charge is 2.20. The van der Waals surface area contributed by atoms with E-state index in [0.717, 1.165) is 15.7 Å². The van der Waals surface area contributed by atoms with Crippen LogP contribution in [-0.2, 0) is 4.79 Å². The quantitative estimate of drug-likeness (QED) is 0.293. The first-order chi connectivity index (χ1) is 15.6. The third kappa shape index (κ3) is 4.98. The Morgan fingerprint density at radius 2 is 1.78 bits per heavy atom. The number of hydrogen-bond acceptors (Lipinski definition) is 5. The first-order valence-electron chi connectivity index (χ1n) is 9.58. The van der Waals surface area contributed by atoms with Crippen LogP contribution in [0.1, 0.15) is 0 Å². The molecule has 0 saturated carbocycles. The summed E-state index contributed by atoms with van der Waals surface area (Å²) in [7, 11) is 1.61. The molecule has 4 rings (SSSR count). The van der Waals surface area contributed by atoms with Gasteiger partial charge < -0.3 is 10.1 Å². The van der Waals surface area contributed by atoms with Crippen molar-refractivity contribution in [2.45, 2.75) is 5.16 Å². The maximum Gasteiger partial charge on any atom is 0.234 e. The molecule has 6 nitrogen and oxygen atoms in total. The van der Waals surface area contributed by atoms with Crippen LogP contribution in [-0.4, -0.2) is 33.5 Å². The van der Waals surface area contributed by atoms with E-state index in [9.17, 15) is 4.79 Å². The first kappa shape index (κ1) is 22.4. The molecule has 1 N–H and O–H groups in total. The number of hydrogen-bond donors (Lipinski definition) is 1. The molecule has 32 heavy (non-hydrogen) atoms. The second-order valence-corrected chi connectivity index (χ2v) is 8.87. The minimum Gasteiger partial charge on any atom is -0.496 e. The average molecular weight is 530 g/mol. The summed E-state index contributed by atoms with van der Waals surface area (Å²) >= 11 is 10.8. The van der Waals surface area contributed by atoms with Crippen molar-refractivity contribution in [1.29, 1.82) is 0 Å². The molecular weight excluding hydrogens is 512 g/mol. The predicted molar refractivity (Wildman–Crippen MR) is 132 cm³/mol. The first-order valence-corrected chi connectivity index (χ1v) is 11.7. The number of amides is 1. The summed E-state index contributed by atoms with van der Waals surface area (Å²) in [5.41, 5.74) is 2.34. The van der Waals surface area contributed by atoms with E-state index in [2.05, 4.69) is 31.4 Å². The van der Waals surface area contributed by atoms with Crippen LogP contribution in [0, 0.1) is 0 Å². The van der Waals surface area contributed by atoms with E-state index in [4.69, 9.17) is 16.3 Å². The summed E-state index contributed by atoms with van der Waals surface area (Å²) in [4.78, 5) is 12.6. The second kappa shape index (κ2) is 10.2. The highest BCUT2D eigenvalue weighted by Crippen LogP contribution is 2.33. The number of methoxy groups -OCH3 is 1. The van der Waals surface area contributed by atoms with E-state index in [-0.39, 0.29) is 11.7 Å². The minimum atomic E-state index is -0.147. The number of aromatic nitrogens is 3. The number of rotatable bonds is 7. The summed E-state index contributed by atoms with van der Waals surface area (Å²) in [6.45, 7) is 0. The molecule has 9 heteroatoms. The number of para-hydroxylation sites is 2. The Labute approximate surface area is 203 Å². The molecule has 0 aliphatic carbocycles. The zero-order valence-electron chi connectivity index (χ0n) is 17.0. The van der Waals surface area contributed by atoms with Gasteiger partial charge in [-0.15, -0.1) is 10.2 Å². The van der Waals surface area contributed by atoms with Crippen LogP contribution in [0.5, 0.6) is 5.75 Å². The standard InChI is InChI=1S/C23H18BrClN4O2S/c1-31-20-9-5-2-6-17(20)22-27-28-23(29(22)16-12-10-15(25)11-13-16)32-14-21(30)26-19-8-4-3-7-18(19)24/h2-13H,14H2,1H3,(H,26,30). The molecule has 0 unspecified atom stereocenters. The second-order valence-electron chi connectivity index (χ2n) is 6.63. The van der Waals surface area contributed by atoms with Gasteiger partial charge in [-0.2, -0.15) is 0 Å².